The van der Waals surface area contributed by atoms with Crippen molar-refractivity contribution in [2.45, 2.75) is 25.8 Å². The fourth-order valence-corrected chi connectivity index (χ4v) is 2.79. The van der Waals surface area contributed by atoms with Gasteiger partial charge in [-0.25, -0.2) is 0 Å². The summed E-state index contributed by atoms with van der Waals surface area (Å²) in [5.41, 5.74) is -0.124. The molecule has 0 spiro atoms. The van der Waals surface area contributed by atoms with Crippen LogP contribution in [0.15, 0.2) is 21.4 Å². The zero-order valence-electron chi connectivity index (χ0n) is 10.6. The first-order valence-electron chi connectivity index (χ1n) is 6.14. The van der Waals surface area contributed by atoms with Crippen LogP contribution in [0.5, 0.6) is 5.75 Å². The molecular formula is C13H11BrN2O4. The number of rotatable bonds is 2. The van der Waals surface area contributed by atoms with E-state index in [0.717, 1.165) is 22.9 Å². The van der Waals surface area contributed by atoms with Crippen LogP contribution in [0.2, 0.25) is 0 Å². The van der Waals surface area contributed by atoms with E-state index in [-0.39, 0.29) is 6.04 Å². The molecule has 20 heavy (non-hydrogen) atoms. The smallest absolute Gasteiger partial charge is 0.375 e. The fraction of sp³-hybridized carbons (Fsp3) is 0.308. The van der Waals surface area contributed by atoms with Crippen molar-refractivity contribution in [1.29, 1.82) is 0 Å². The molecular weight excluding hydrogens is 328 g/mol. The SMILES string of the molecule is Cc1c(Br)ccc2c(O)c([N+](=O)[O-])c(=O)n(C3CC3)c12. The largest absolute Gasteiger partial charge is 0.501 e. The van der Waals surface area contributed by atoms with E-state index in [1.54, 1.807) is 12.1 Å². The number of aromatic hydroxyl groups is 1. The minimum atomic E-state index is -0.812. The first-order chi connectivity index (χ1) is 9.43. The van der Waals surface area contributed by atoms with E-state index in [2.05, 4.69) is 15.9 Å². The van der Waals surface area contributed by atoms with Crippen molar-refractivity contribution in [3.05, 3.63) is 42.6 Å². The molecule has 0 unspecified atom stereocenters. The Morgan fingerprint density at radius 2 is 2.10 bits per heavy atom. The summed E-state index contributed by atoms with van der Waals surface area (Å²) < 4.78 is 2.25. The molecule has 0 saturated heterocycles. The number of nitrogens with zero attached hydrogens (tertiary/aromatic N) is 2. The summed E-state index contributed by atoms with van der Waals surface area (Å²) in [5.74, 6) is -0.553. The van der Waals surface area contributed by atoms with Crippen LogP contribution in [0.3, 0.4) is 0 Å². The van der Waals surface area contributed by atoms with Crippen LogP contribution in [-0.2, 0) is 0 Å². The van der Waals surface area contributed by atoms with Crippen LogP contribution in [0.4, 0.5) is 5.69 Å². The monoisotopic (exact) mass is 338 g/mol. The molecule has 6 nitrogen and oxygen atoms in total. The van der Waals surface area contributed by atoms with E-state index in [0.29, 0.717) is 10.9 Å². The number of halogens is 1. The Labute approximate surface area is 121 Å². The Morgan fingerprint density at radius 3 is 2.65 bits per heavy atom. The quantitative estimate of drug-likeness (QED) is 0.673. The van der Waals surface area contributed by atoms with E-state index in [4.69, 9.17) is 0 Å². The Bertz CT molecular complexity index is 808. The van der Waals surface area contributed by atoms with Crippen molar-refractivity contribution in [2.75, 3.05) is 0 Å². The normalized spacial score (nSPS) is 14.7. The highest BCUT2D eigenvalue weighted by molar-refractivity contribution is 9.10. The molecule has 7 heteroatoms. The van der Waals surface area contributed by atoms with Gasteiger partial charge in [-0.1, -0.05) is 15.9 Å². The van der Waals surface area contributed by atoms with E-state index < -0.39 is 21.9 Å². The summed E-state index contributed by atoms with van der Waals surface area (Å²) in [4.78, 5) is 22.6. The van der Waals surface area contributed by atoms with Crippen LogP contribution < -0.4 is 5.56 Å². The van der Waals surface area contributed by atoms with E-state index in [1.165, 1.54) is 4.57 Å². The summed E-state index contributed by atoms with van der Waals surface area (Å²) >= 11 is 3.39. The topological polar surface area (TPSA) is 85.4 Å². The molecule has 2 aromatic rings. The second kappa shape index (κ2) is 4.31. The average molecular weight is 339 g/mol. The molecule has 1 aliphatic carbocycles. The lowest BCUT2D eigenvalue weighted by Crippen LogP contribution is -2.23. The minimum absolute atomic E-state index is 0.0164. The number of hydrogen-bond donors (Lipinski definition) is 1. The second-order valence-electron chi connectivity index (χ2n) is 4.93. The van der Waals surface area contributed by atoms with Gasteiger partial charge in [0.1, 0.15) is 0 Å². The van der Waals surface area contributed by atoms with Gasteiger partial charge in [0.15, 0.2) is 0 Å². The molecule has 1 aromatic heterocycles. The van der Waals surface area contributed by atoms with Crippen molar-refractivity contribution in [2.24, 2.45) is 0 Å². The molecule has 1 heterocycles. The van der Waals surface area contributed by atoms with Crippen molar-refractivity contribution >= 4 is 32.5 Å². The molecule has 1 saturated carbocycles. The lowest BCUT2D eigenvalue weighted by molar-refractivity contribution is -0.387. The molecule has 0 amide bonds. The third kappa shape index (κ3) is 1.73. The lowest BCUT2D eigenvalue weighted by Gasteiger charge is -2.14. The van der Waals surface area contributed by atoms with Crippen molar-refractivity contribution in [3.8, 4) is 5.75 Å². The van der Waals surface area contributed by atoms with Gasteiger partial charge in [-0.15, -0.1) is 0 Å². The van der Waals surface area contributed by atoms with Crippen LogP contribution >= 0.6 is 15.9 Å². The predicted octanol–water partition coefficient (Wildman–Crippen LogP) is 3.02. The van der Waals surface area contributed by atoms with Gasteiger partial charge in [-0.3, -0.25) is 19.5 Å². The van der Waals surface area contributed by atoms with Gasteiger partial charge in [0.2, 0.25) is 5.75 Å². The van der Waals surface area contributed by atoms with Gasteiger partial charge >= 0.3 is 11.2 Å². The first-order valence-corrected chi connectivity index (χ1v) is 6.93. The average Bonchev–Trinajstić information content (AvgIpc) is 3.18. The van der Waals surface area contributed by atoms with Gasteiger partial charge in [-0.05, 0) is 37.5 Å². The van der Waals surface area contributed by atoms with Crippen molar-refractivity contribution < 1.29 is 10.0 Å². The molecule has 1 aromatic carbocycles. The molecule has 0 bridgehead atoms. The van der Waals surface area contributed by atoms with Crippen molar-refractivity contribution in [3.63, 3.8) is 0 Å². The Morgan fingerprint density at radius 1 is 1.45 bits per heavy atom. The van der Waals surface area contributed by atoms with Gasteiger partial charge in [0.05, 0.1) is 10.4 Å². The maximum absolute atomic E-state index is 12.3. The highest BCUT2D eigenvalue weighted by Crippen LogP contribution is 2.41. The highest BCUT2D eigenvalue weighted by Gasteiger charge is 2.33. The summed E-state index contributed by atoms with van der Waals surface area (Å²) in [6.07, 6.45) is 1.64. The summed E-state index contributed by atoms with van der Waals surface area (Å²) in [6, 6.07) is 3.29. The molecule has 1 N–H and O–H groups in total. The molecule has 1 aliphatic rings. The van der Waals surface area contributed by atoms with E-state index in [1.807, 2.05) is 6.92 Å². The number of aromatic nitrogens is 1. The molecule has 3 rings (SSSR count). The van der Waals surface area contributed by atoms with Crippen LogP contribution in [-0.4, -0.2) is 14.6 Å². The second-order valence-corrected chi connectivity index (χ2v) is 5.78. The number of nitro groups is 1. The summed E-state index contributed by atoms with van der Waals surface area (Å²) in [6.45, 7) is 1.82. The molecule has 0 aliphatic heterocycles. The highest BCUT2D eigenvalue weighted by atomic mass is 79.9. The summed E-state index contributed by atoms with van der Waals surface area (Å²) in [5, 5.41) is 21.5. The van der Waals surface area contributed by atoms with Crippen LogP contribution in [0, 0.1) is 17.0 Å². The van der Waals surface area contributed by atoms with Crippen LogP contribution in [0.1, 0.15) is 24.4 Å². The minimum Gasteiger partial charge on any atom is -0.501 e. The Hall–Kier alpha value is -1.89. The molecule has 104 valence electrons. The fourth-order valence-electron chi connectivity index (χ4n) is 2.47. The Balaban J connectivity index is 2.57. The first kappa shape index (κ1) is 13.1. The Kier molecular flexibility index (Phi) is 2.82. The molecule has 0 atom stereocenters. The number of benzene rings is 1. The number of hydrogen-bond acceptors (Lipinski definition) is 4. The summed E-state index contributed by atoms with van der Waals surface area (Å²) in [7, 11) is 0. The third-order valence-corrected chi connectivity index (χ3v) is 4.46. The number of aryl methyl sites for hydroxylation is 1. The van der Waals surface area contributed by atoms with E-state index in [9.17, 15) is 20.0 Å². The lowest BCUT2D eigenvalue weighted by atomic mass is 10.1. The zero-order valence-corrected chi connectivity index (χ0v) is 12.2. The van der Waals surface area contributed by atoms with Crippen molar-refractivity contribution in [1.82, 2.24) is 4.57 Å². The van der Waals surface area contributed by atoms with Gasteiger partial charge in [0.25, 0.3) is 0 Å². The maximum Gasteiger partial charge on any atom is 0.375 e. The van der Waals surface area contributed by atoms with Gasteiger partial charge < -0.3 is 5.11 Å². The molecule has 0 radical (unpaired) electrons. The maximum atomic E-state index is 12.3. The predicted molar refractivity (Wildman–Crippen MR) is 77.2 cm³/mol. The van der Waals surface area contributed by atoms with E-state index >= 15 is 0 Å². The number of pyridine rings is 1. The van der Waals surface area contributed by atoms with Crippen LogP contribution in [0.25, 0.3) is 10.9 Å². The third-order valence-electron chi connectivity index (χ3n) is 3.60. The standard InChI is InChI=1S/C13H11BrN2O4/c1-6-9(14)5-4-8-10(6)15(7-2-3-7)13(18)11(12(8)17)16(19)20/h4-5,7,17H,2-3H2,1H3. The number of fused-ring (bicyclic) bond motifs is 1. The van der Waals surface area contributed by atoms with Gasteiger partial charge in [0, 0.05) is 15.9 Å². The zero-order chi connectivity index (χ0) is 14.6. The molecule has 1 fully saturated rings. The van der Waals surface area contributed by atoms with Gasteiger partial charge in [-0.2, -0.15) is 0 Å².